The maximum Gasteiger partial charge on any atom is 0.188 e. The van der Waals surface area contributed by atoms with E-state index in [-0.39, 0.29) is 17.6 Å². The Kier molecular flexibility index (Phi) is 3.31. The number of fused-ring (bicyclic) bond motifs is 1. The van der Waals surface area contributed by atoms with Gasteiger partial charge >= 0.3 is 0 Å². The lowest BCUT2D eigenvalue weighted by Crippen LogP contribution is -2.95. The standard InChI is InChI=1S/C8H10N3O2P.ClH/c1-14(2,13)6-3-4-7-8(5-6)11(12)10-9-7;/h3-5,11H,1-2H3;1H. The minimum absolute atomic E-state index is 0. The summed E-state index contributed by atoms with van der Waals surface area (Å²) in [5.41, 5.74) is 1.01. The molecule has 82 valence electrons. The Morgan fingerprint density at radius 3 is 2.67 bits per heavy atom. The molecule has 7 heteroatoms. The molecule has 15 heavy (non-hydrogen) atoms. The van der Waals surface area contributed by atoms with Crippen LogP contribution in [0.2, 0.25) is 0 Å². The fourth-order valence-corrected chi connectivity index (χ4v) is 2.14. The third-order valence-corrected chi connectivity index (χ3v) is 3.60. The second-order valence-corrected chi connectivity index (χ2v) is 6.78. The Bertz CT molecular complexity index is 457. The van der Waals surface area contributed by atoms with Crippen molar-refractivity contribution in [3.8, 4) is 0 Å². The summed E-state index contributed by atoms with van der Waals surface area (Å²) < 4.78 is 11.8. The number of hydrogen-bond donors (Lipinski definition) is 1. The van der Waals surface area contributed by atoms with E-state index in [0.29, 0.717) is 16.7 Å². The first-order valence-corrected chi connectivity index (χ1v) is 6.74. The van der Waals surface area contributed by atoms with Crippen LogP contribution in [0.1, 0.15) is 0 Å². The topological polar surface area (TPSA) is 69.3 Å². The highest BCUT2D eigenvalue weighted by atomic mass is 35.5. The summed E-state index contributed by atoms with van der Waals surface area (Å²) in [6, 6.07) is 5.04. The summed E-state index contributed by atoms with van der Waals surface area (Å²) in [6.45, 7) is 3.34. The lowest BCUT2D eigenvalue weighted by molar-refractivity contribution is -0.784. The SMILES string of the molecule is CP(C)(=O)c1ccc2c(c1)[NH+]([O-])N=N2.Cl. The van der Waals surface area contributed by atoms with Crippen molar-refractivity contribution in [3.05, 3.63) is 23.4 Å². The van der Waals surface area contributed by atoms with Crippen LogP contribution in [-0.2, 0) is 4.57 Å². The first-order chi connectivity index (χ1) is 6.48. The molecule has 0 aromatic heterocycles. The molecule has 1 aliphatic rings. The molecule has 1 unspecified atom stereocenters. The molecule has 1 aliphatic heterocycles. The lowest BCUT2D eigenvalue weighted by atomic mass is 10.3. The van der Waals surface area contributed by atoms with E-state index in [4.69, 9.17) is 0 Å². The Morgan fingerprint density at radius 2 is 2.07 bits per heavy atom. The predicted molar refractivity (Wildman–Crippen MR) is 61.3 cm³/mol. The van der Waals surface area contributed by atoms with Crippen molar-refractivity contribution in [1.82, 2.24) is 0 Å². The fraction of sp³-hybridized carbons (Fsp3) is 0.250. The molecular formula is C8H11ClN3O2P. The van der Waals surface area contributed by atoms with Gasteiger partial charge in [0.1, 0.15) is 7.14 Å². The lowest BCUT2D eigenvalue weighted by Gasteiger charge is -2.11. The average Bonchev–Trinajstić information content (AvgIpc) is 2.46. The largest absolute Gasteiger partial charge is 0.600 e. The number of rotatable bonds is 1. The summed E-state index contributed by atoms with van der Waals surface area (Å²) >= 11 is 0. The Labute approximate surface area is 93.5 Å². The van der Waals surface area contributed by atoms with E-state index in [1.54, 1.807) is 31.5 Å². The van der Waals surface area contributed by atoms with E-state index in [1.807, 2.05) is 0 Å². The van der Waals surface area contributed by atoms with Gasteiger partial charge in [0.05, 0.1) is 0 Å². The van der Waals surface area contributed by atoms with Crippen LogP contribution < -0.4 is 10.5 Å². The summed E-state index contributed by atoms with van der Waals surface area (Å²) in [6.07, 6.45) is 0. The molecule has 5 nitrogen and oxygen atoms in total. The predicted octanol–water partition coefficient (Wildman–Crippen LogP) is 1.38. The smallest absolute Gasteiger partial charge is 0.188 e. The normalized spacial score (nSPS) is 18.5. The molecule has 1 aromatic rings. The van der Waals surface area contributed by atoms with Gasteiger partial charge in [-0.15, -0.1) is 12.4 Å². The van der Waals surface area contributed by atoms with Gasteiger partial charge in [-0.3, -0.25) is 0 Å². The highest BCUT2D eigenvalue weighted by Crippen LogP contribution is 2.37. The summed E-state index contributed by atoms with van der Waals surface area (Å²) in [7, 11) is -2.31. The van der Waals surface area contributed by atoms with E-state index in [0.717, 1.165) is 0 Å². The van der Waals surface area contributed by atoms with Gasteiger partial charge in [0, 0.05) is 16.6 Å². The van der Waals surface area contributed by atoms with Crippen molar-refractivity contribution < 1.29 is 9.74 Å². The van der Waals surface area contributed by atoms with Crippen molar-refractivity contribution in [3.63, 3.8) is 0 Å². The van der Waals surface area contributed by atoms with Gasteiger partial charge in [0.2, 0.25) is 0 Å². The van der Waals surface area contributed by atoms with Crippen LogP contribution in [0.3, 0.4) is 0 Å². The molecule has 1 heterocycles. The van der Waals surface area contributed by atoms with Gasteiger partial charge in [0.25, 0.3) is 0 Å². The second-order valence-electron chi connectivity index (χ2n) is 3.56. The van der Waals surface area contributed by atoms with Crippen LogP contribution in [0.15, 0.2) is 28.5 Å². The van der Waals surface area contributed by atoms with E-state index in [9.17, 15) is 9.77 Å². The quantitative estimate of drug-likeness (QED) is 0.602. The second kappa shape index (κ2) is 4.02. The van der Waals surface area contributed by atoms with Crippen molar-refractivity contribution in [1.29, 1.82) is 0 Å². The highest BCUT2D eigenvalue weighted by molar-refractivity contribution is 7.70. The third kappa shape index (κ3) is 2.26. The summed E-state index contributed by atoms with van der Waals surface area (Å²) in [4.78, 5) is 0. The maximum atomic E-state index is 11.8. The van der Waals surface area contributed by atoms with Crippen LogP contribution in [0.5, 0.6) is 0 Å². The van der Waals surface area contributed by atoms with E-state index in [2.05, 4.69) is 10.3 Å². The molecule has 0 aliphatic carbocycles. The zero-order valence-electron chi connectivity index (χ0n) is 8.30. The molecule has 0 amide bonds. The van der Waals surface area contributed by atoms with E-state index >= 15 is 0 Å². The van der Waals surface area contributed by atoms with Crippen molar-refractivity contribution in [2.75, 3.05) is 13.3 Å². The zero-order chi connectivity index (χ0) is 10.3. The van der Waals surface area contributed by atoms with Crippen LogP contribution in [0, 0.1) is 5.21 Å². The van der Waals surface area contributed by atoms with Gasteiger partial charge in [-0.05, 0) is 25.5 Å². The van der Waals surface area contributed by atoms with Gasteiger partial charge in [0.15, 0.2) is 11.4 Å². The van der Waals surface area contributed by atoms with Gasteiger partial charge in [-0.1, -0.05) is 5.11 Å². The summed E-state index contributed by atoms with van der Waals surface area (Å²) in [5.74, 6) is 0. The number of nitrogens with one attached hydrogen (secondary N) is 1. The van der Waals surface area contributed by atoms with Crippen LogP contribution in [-0.4, -0.2) is 13.3 Å². The molecule has 1 aromatic carbocycles. The van der Waals surface area contributed by atoms with Crippen molar-refractivity contribution in [2.45, 2.75) is 0 Å². The van der Waals surface area contributed by atoms with Gasteiger partial charge < -0.3 is 9.77 Å². The number of nitrogens with zero attached hydrogens (tertiary/aromatic N) is 2. The number of halogens is 1. The van der Waals surface area contributed by atoms with Crippen LogP contribution in [0.25, 0.3) is 0 Å². The third-order valence-electron chi connectivity index (χ3n) is 2.08. The highest BCUT2D eigenvalue weighted by Gasteiger charge is 2.20. The molecule has 0 radical (unpaired) electrons. The first-order valence-electron chi connectivity index (χ1n) is 4.14. The van der Waals surface area contributed by atoms with Crippen LogP contribution in [0.4, 0.5) is 11.4 Å². The summed E-state index contributed by atoms with van der Waals surface area (Å²) in [5, 5.41) is 18.6. The molecule has 1 N–H and O–H groups in total. The number of quaternary nitrogens is 1. The Hall–Kier alpha value is -0.740. The van der Waals surface area contributed by atoms with Crippen molar-refractivity contribution in [2.24, 2.45) is 10.3 Å². The zero-order valence-corrected chi connectivity index (χ0v) is 10.0. The van der Waals surface area contributed by atoms with Gasteiger partial charge in [-0.2, -0.15) is 5.17 Å². The number of hydrogen-bond acceptors (Lipinski definition) is 4. The maximum absolute atomic E-state index is 11.8. The molecule has 0 bridgehead atoms. The Morgan fingerprint density at radius 1 is 1.40 bits per heavy atom. The molecular weight excluding hydrogens is 237 g/mol. The van der Waals surface area contributed by atoms with Crippen LogP contribution >= 0.6 is 19.5 Å². The van der Waals surface area contributed by atoms with E-state index in [1.165, 1.54) is 0 Å². The Balaban J connectivity index is 0.00000112. The van der Waals surface area contributed by atoms with E-state index < -0.39 is 7.14 Å². The molecule has 2 rings (SSSR count). The van der Waals surface area contributed by atoms with Crippen molar-refractivity contribution >= 4 is 36.2 Å². The average molecular weight is 248 g/mol. The minimum atomic E-state index is -2.31. The first kappa shape index (κ1) is 12.3. The minimum Gasteiger partial charge on any atom is -0.600 e. The monoisotopic (exact) mass is 247 g/mol. The van der Waals surface area contributed by atoms with Gasteiger partial charge in [-0.25, -0.2) is 0 Å². The molecule has 0 saturated carbocycles. The number of benzene rings is 1. The molecule has 0 spiro atoms. The molecule has 0 saturated heterocycles. The molecule has 0 fully saturated rings. The fourth-order valence-electron chi connectivity index (χ4n) is 1.27. The molecule has 1 atom stereocenters.